The third-order valence-corrected chi connectivity index (χ3v) is 5.37. The number of fused-ring (bicyclic) bond motifs is 2. The van der Waals surface area contributed by atoms with E-state index >= 15 is 0 Å². The highest BCUT2D eigenvalue weighted by Gasteiger charge is 2.46. The van der Waals surface area contributed by atoms with Gasteiger partial charge in [0, 0.05) is 32.0 Å². The van der Waals surface area contributed by atoms with Crippen LogP contribution in [0.25, 0.3) is 0 Å². The second kappa shape index (κ2) is 6.74. The molecule has 1 amide bonds. The Bertz CT molecular complexity index is 796. The average Bonchev–Trinajstić information content (AvgIpc) is 3.13. The first-order chi connectivity index (χ1) is 12.6. The van der Waals surface area contributed by atoms with Crippen LogP contribution in [0.4, 0.5) is 0 Å². The van der Waals surface area contributed by atoms with Crippen molar-refractivity contribution in [2.45, 2.75) is 37.6 Å². The third kappa shape index (κ3) is 3.08. The normalized spacial score (nSPS) is 22.1. The van der Waals surface area contributed by atoms with Gasteiger partial charge in [-0.25, -0.2) is 4.98 Å². The van der Waals surface area contributed by atoms with Crippen LogP contribution in [0.1, 0.15) is 24.2 Å². The molecular formula is C19H24N4O3. The number of hydrogen-bond acceptors (Lipinski definition) is 5. The van der Waals surface area contributed by atoms with Gasteiger partial charge in [-0.1, -0.05) is 12.1 Å². The second-order valence-corrected chi connectivity index (χ2v) is 7.03. The van der Waals surface area contributed by atoms with Gasteiger partial charge in [0.2, 0.25) is 5.91 Å². The number of primary amides is 1. The number of benzene rings is 1. The van der Waals surface area contributed by atoms with Crippen LogP contribution in [-0.4, -0.2) is 46.7 Å². The summed E-state index contributed by atoms with van der Waals surface area (Å²) in [7, 11) is 1.68. The summed E-state index contributed by atoms with van der Waals surface area (Å²) in [6, 6.07) is 8.14. The number of hydrogen-bond donors (Lipinski definition) is 1. The van der Waals surface area contributed by atoms with Gasteiger partial charge in [0.15, 0.2) is 6.10 Å². The molecule has 1 aromatic heterocycles. The molecular weight excluding hydrogens is 332 g/mol. The Kier molecular flexibility index (Phi) is 4.42. The standard InChI is InChI=1S/C19H24N4O3/c1-25-15-4-2-3-14(11-15)12-22-8-5-19(6-9-22)18-21-7-10-23(18)13-16(26-19)17(20)24/h2-4,7,10-11,16H,5-6,8-9,12-13H2,1H3,(H2,20,24)/t16-/m0/s1. The van der Waals surface area contributed by atoms with E-state index in [1.54, 1.807) is 13.3 Å². The molecule has 2 N–H and O–H groups in total. The molecule has 7 nitrogen and oxygen atoms in total. The Morgan fingerprint density at radius 1 is 1.42 bits per heavy atom. The minimum absolute atomic E-state index is 0.414. The maximum absolute atomic E-state index is 11.7. The molecule has 26 heavy (non-hydrogen) atoms. The fourth-order valence-electron chi connectivity index (χ4n) is 3.99. The number of nitrogens with two attached hydrogens (primary N) is 1. The summed E-state index contributed by atoms with van der Waals surface area (Å²) in [5.74, 6) is 1.37. The summed E-state index contributed by atoms with van der Waals surface area (Å²) in [5.41, 5.74) is 6.22. The fourth-order valence-corrected chi connectivity index (χ4v) is 3.99. The minimum Gasteiger partial charge on any atom is -0.497 e. The molecule has 2 aliphatic heterocycles. The Hall–Kier alpha value is -2.38. The monoisotopic (exact) mass is 356 g/mol. The highest BCUT2D eigenvalue weighted by atomic mass is 16.5. The number of nitrogens with zero attached hydrogens (tertiary/aromatic N) is 3. The smallest absolute Gasteiger partial charge is 0.248 e. The molecule has 0 bridgehead atoms. The fraction of sp³-hybridized carbons (Fsp3) is 0.474. The molecule has 4 rings (SSSR count). The van der Waals surface area contributed by atoms with E-state index in [0.717, 1.165) is 44.0 Å². The number of carbonyl (C=O) groups excluding carboxylic acids is 1. The highest BCUT2D eigenvalue weighted by Crippen LogP contribution is 2.40. The predicted molar refractivity (Wildman–Crippen MR) is 95.5 cm³/mol. The lowest BCUT2D eigenvalue weighted by Crippen LogP contribution is -2.53. The molecule has 0 radical (unpaired) electrons. The van der Waals surface area contributed by atoms with Gasteiger partial charge in [0.05, 0.1) is 13.7 Å². The van der Waals surface area contributed by atoms with E-state index in [1.807, 2.05) is 22.9 Å². The summed E-state index contributed by atoms with van der Waals surface area (Å²) >= 11 is 0. The number of amides is 1. The van der Waals surface area contributed by atoms with Crippen molar-refractivity contribution in [1.82, 2.24) is 14.5 Å². The summed E-state index contributed by atoms with van der Waals surface area (Å²) in [6.45, 7) is 3.05. The lowest BCUT2D eigenvalue weighted by molar-refractivity contribution is -0.171. The summed E-state index contributed by atoms with van der Waals surface area (Å²) in [6.07, 6.45) is 4.65. The molecule has 1 saturated heterocycles. The Labute approximate surface area is 152 Å². The van der Waals surface area contributed by atoms with Gasteiger partial charge < -0.3 is 19.8 Å². The van der Waals surface area contributed by atoms with Crippen molar-refractivity contribution in [2.75, 3.05) is 20.2 Å². The topological polar surface area (TPSA) is 82.6 Å². The number of likely N-dealkylation sites (tertiary alicyclic amines) is 1. The Morgan fingerprint density at radius 3 is 2.96 bits per heavy atom. The largest absolute Gasteiger partial charge is 0.497 e. The zero-order valence-electron chi connectivity index (χ0n) is 14.9. The number of carbonyl (C=O) groups is 1. The van der Waals surface area contributed by atoms with E-state index in [-0.39, 0.29) is 0 Å². The number of rotatable bonds is 4. The molecule has 1 fully saturated rings. The second-order valence-electron chi connectivity index (χ2n) is 7.03. The molecule has 1 aromatic carbocycles. The first-order valence-electron chi connectivity index (χ1n) is 8.94. The Balaban J connectivity index is 1.48. The lowest BCUT2D eigenvalue weighted by atomic mass is 9.88. The van der Waals surface area contributed by atoms with Crippen LogP contribution in [0.5, 0.6) is 5.75 Å². The molecule has 3 heterocycles. The van der Waals surface area contributed by atoms with E-state index in [2.05, 4.69) is 22.0 Å². The third-order valence-electron chi connectivity index (χ3n) is 5.37. The van der Waals surface area contributed by atoms with Crippen molar-refractivity contribution in [2.24, 2.45) is 5.73 Å². The molecule has 1 atom stereocenters. The summed E-state index contributed by atoms with van der Waals surface area (Å²) < 4.78 is 13.5. The van der Waals surface area contributed by atoms with Crippen LogP contribution in [0.3, 0.4) is 0 Å². The number of imidazole rings is 1. The van der Waals surface area contributed by atoms with Gasteiger partial charge >= 0.3 is 0 Å². The van der Waals surface area contributed by atoms with E-state index in [1.165, 1.54) is 5.56 Å². The van der Waals surface area contributed by atoms with E-state index in [0.29, 0.717) is 6.54 Å². The number of piperidine rings is 1. The van der Waals surface area contributed by atoms with Crippen LogP contribution >= 0.6 is 0 Å². The molecule has 0 aliphatic carbocycles. The van der Waals surface area contributed by atoms with Crippen molar-refractivity contribution < 1.29 is 14.3 Å². The SMILES string of the molecule is COc1cccc(CN2CCC3(CC2)O[C@H](C(N)=O)Cn2ccnc23)c1. The molecule has 2 aromatic rings. The van der Waals surface area contributed by atoms with Gasteiger partial charge in [-0.15, -0.1) is 0 Å². The number of methoxy groups -OCH3 is 1. The summed E-state index contributed by atoms with van der Waals surface area (Å²) in [4.78, 5) is 18.6. The highest BCUT2D eigenvalue weighted by molar-refractivity contribution is 5.79. The molecule has 1 spiro atoms. The van der Waals surface area contributed by atoms with Crippen LogP contribution in [-0.2, 0) is 28.2 Å². The van der Waals surface area contributed by atoms with Crippen molar-refractivity contribution in [1.29, 1.82) is 0 Å². The molecule has 0 unspecified atom stereocenters. The van der Waals surface area contributed by atoms with Crippen LogP contribution < -0.4 is 10.5 Å². The van der Waals surface area contributed by atoms with Crippen molar-refractivity contribution in [3.63, 3.8) is 0 Å². The van der Waals surface area contributed by atoms with Gasteiger partial charge in [-0.05, 0) is 30.5 Å². The van der Waals surface area contributed by atoms with Gasteiger partial charge in [0.1, 0.15) is 17.2 Å². The van der Waals surface area contributed by atoms with Crippen LogP contribution in [0, 0.1) is 0 Å². The lowest BCUT2D eigenvalue weighted by Gasteiger charge is -2.45. The number of aromatic nitrogens is 2. The van der Waals surface area contributed by atoms with Gasteiger partial charge in [0.25, 0.3) is 0 Å². The van der Waals surface area contributed by atoms with Gasteiger partial charge in [-0.3, -0.25) is 9.69 Å². The van der Waals surface area contributed by atoms with E-state index in [4.69, 9.17) is 15.2 Å². The van der Waals surface area contributed by atoms with Crippen LogP contribution in [0.2, 0.25) is 0 Å². The molecule has 138 valence electrons. The van der Waals surface area contributed by atoms with Crippen LogP contribution in [0.15, 0.2) is 36.7 Å². The minimum atomic E-state index is -0.596. The predicted octanol–water partition coefficient (Wildman–Crippen LogP) is 1.27. The molecule has 7 heteroatoms. The zero-order chi connectivity index (χ0) is 18.1. The quantitative estimate of drug-likeness (QED) is 0.892. The first kappa shape index (κ1) is 17.1. The first-order valence-corrected chi connectivity index (χ1v) is 8.94. The van der Waals surface area contributed by atoms with Crippen molar-refractivity contribution in [3.8, 4) is 5.75 Å². The molecule has 0 saturated carbocycles. The summed E-state index contributed by atoms with van der Waals surface area (Å²) in [5, 5.41) is 0. The molecule has 2 aliphatic rings. The van der Waals surface area contributed by atoms with Gasteiger partial charge in [-0.2, -0.15) is 0 Å². The average molecular weight is 356 g/mol. The maximum atomic E-state index is 11.7. The number of ether oxygens (including phenoxy) is 2. The maximum Gasteiger partial charge on any atom is 0.248 e. The van der Waals surface area contributed by atoms with Crippen molar-refractivity contribution >= 4 is 5.91 Å². The zero-order valence-corrected chi connectivity index (χ0v) is 14.9. The van der Waals surface area contributed by atoms with E-state index < -0.39 is 17.6 Å². The Morgan fingerprint density at radius 2 is 2.23 bits per heavy atom. The van der Waals surface area contributed by atoms with Crippen molar-refractivity contribution in [3.05, 3.63) is 48.0 Å². The van der Waals surface area contributed by atoms with E-state index in [9.17, 15) is 4.79 Å².